The maximum Gasteiger partial charge on any atom is 0.513 e. The van der Waals surface area contributed by atoms with Crippen LogP contribution >= 0.6 is 0 Å². The summed E-state index contributed by atoms with van der Waals surface area (Å²) in [6, 6.07) is 11.9. The second-order valence-electron chi connectivity index (χ2n) is 4.71. The van der Waals surface area contributed by atoms with E-state index in [-0.39, 0.29) is 19.0 Å². The van der Waals surface area contributed by atoms with Crippen molar-refractivity contribution >= 4 is 17.9 Å². The highest BCUT2D eigenvalue weighted by molar-refractivity contribution is 5.89. The second kappa shape index (κ2) is 8.52. The molecule has 24 heavy (non-hydrogen) atoms. The summed E-state index contributed by atoms with van der Waals surface area (Å²) in [6.07, 6.45) is -0.791. The van der Waals surface area contributed by atoms with Gasteiger partial charge in [-0.3, -0.25) is 0 Å². The van der Waals surface area contributed by atoms with E-state index in [2.05, 4.69) is 15.4 Å². The number of ether oxygens (including phenoxy) is 2. The first-order valence-electron chi connectivity index (χ1n) is 7.31. The predicted molar refractivity (Wildman–Crippen MR) is 86.4 cm³/mol. The van der Waals surface area contributed by atoms with Gasteiger partial charge in [-0.15, -0.1) is 0 Å². The number of urea groups is 1. The standard InChI is InChI=1S/C17H17FN2O4/c1-2-23-17(22)24-14-9-7-13(8-10-14)20-16(21)19-11-12-5-3-4-6-15(12)18/h3-10H,2,11H2,1H3,(H2,19,20,21). The van der Waals surface area contributed by atoms with Crippen LogP contribution < -0.4 is 15.4 Å². The number of benzene rings is 2. The van der Waals surface area contributed by atoms with Gasteiger partial charge in [0, 0.05) is 17.8 Å². The van der Waals surface area contributed by atoms with Gasteiger partial charge in [-0.25, -0.2) is 14.0 Å². The number of rotatable bonds is 5. The van der Waals surface area contributed by atoms with E-state index >= 15 is 0 Å². The fourth-order valence-electron chi connectivity index (χ4n) is 1.84. The first kappa shape index (κ1) is 17.3. The van der Waals surface area contributed by atoms with Crippen molar-refractivity contribution in [1.82, 2.24) is 5.32 Å². The van der Waals surface area contributed by atoms with Crippen LogP contribution in [-0.2, 0) is 11.3 Å². The SMILES string of the molecule is CCOC(=O)Oc1ccc(NC(=O)NCc2ccccc2F)cc1. The molecule has 7 heteroatoms. The van der Waals surface area contributed by atoms with Crippen molar-refractivity contribution in [3.05, 3.63) is 59.9 Å². The molecule has 0 aliphatic carbocycles. The summed E-state index contributed by atoms with van der Waals surface area (Å²) in [7, 11) is 0. The van der Waals surface area contributed by atoms with Crippen LogP contribution in [0.15, 0.2) is 48.5 Å². The summed E-state index contributed by atoms with van der Waals surface area (Å²) >= 11 is 0. The molecule has 2 N–H and O–H groups in total. The van der Waals surface area contributed by atoms with Gasteiger partial charge in [0.1, 0.15) is 11.6 Å². The predicted octanol–water partition coefficient (Wildman–Crippen LogP) is 3.68. The molecule has 0 unspecified atom stereocenters. The minimum absolute atomic E-state index is 0.0720. The Bertz CT molecular complexity index is 704. The lowest BCUT2D eigenvalue weighted by Crippen LogP contribution is -2.28. The molecule has 2 rings (SSSR count). The summed E-state index contributed by atoms with van der Waals surface area (Å²) in [5, 5.41) is 5.15. The first-order chi connectivity index (χ1) is 11.6. The Morgan fingerprint density at radius 1 is 1.08 bits per heavy atom. The number of halogens is 1. The number of nitrogens with one attached hydrogen (secondary N) is 2. The zero-order valence-electron chi connectivity index (χ0n) is 13.0. The van der Waals surface area contributed by atoms with E-state index in [9.17, 15) is 14.0 Å². The van der Waals surface area contributed by atoms with Gasteiger partial charge in [0.25, 0.3) is 0 Å². The molecule has 2 aromatic rings. The summed E-state index contributed by atoms with van der Waals surface area (Å²) in [4.78, 5) is 23.0. The Morgan fingerprint density at radius 3 is 2.46 bits per heavy atom. The average Bonchev–Trinajstić information content (AvgIpc) is 2.56. The van der Waals surface area contributed by atoms with Gasteiger partial charge >= 0.3 is 12.2 Å². The highest BCUT2D eigenvalue weighted by Gasteiger charge is 2.07. The molecular formula is C17H17FN2O4. The van der Waals surface area contributed by atoms with Crippen LogP contribution in [0.3, 0.4) is 0 Å². The van der Waals surface area contributed by atoms with E-state index in [4.69, 9.17) is 4.74 Å². The van der Waals surface area contributed by atoms with Crippen molar-refractivity contribution in [2.24, 2.45) is 0 Å². The molecule has 2 aromatic carbocycles. The van der Waals surface area contributed by atoms with Gasteiger partial charge < -0.3 is 20.1 Å². The number of anilines is 1. The summed E-state index contributed by atoms with van der Waals surface area (Å²) in [5.74, 6) is -0.0796. The van der Waals surface area contributed by atoms with E-state index in [1.54, 1.807) is 37.3 Å². The maximum atomic E-state index is 13.4. The van der Waals surface area contributed by atoms with Crippen LogP contribution in [0, 0.1) is 5.82 Å². The smallest absolute Gasteiger partial charge is 0.434 e. The quantitative estimate of drug-likeness (QED) is 0.647. The third-order valence-electron chi connectivity index (χ3n) is 2.97. The molecule has 0 aliphatic rings. The van der Waals surface area contributed by atoms with E-state index in [1.165, 1.54) is 18.2 Å². The lowest BCUT2D eigenvalue weighted by molar-refractivity contribution is 0.104. The molecule has 0 heterocycles. The molecule has 126 valence electrons. The Hall–Kier alpha value is -3.09. The summed E-state index contributed by atoms with van der Waals surface area (Å²) in [5.41, 5.74) is 0.892. The average molecular weight is 332 g/mol. The van der Waals surface area contributed by atoms with Gasteiger partial charge in [0.2, 0.25) is 0 Å². The van der Waals surface area contributed by atoms with E-state index < -0.39 is 12.2 Å². The fourth-order valence-corrected chi connectivity index (χ4v) is 1.84. The molecular weight excluding hydrogens is 315 g/mol. The zero-order valence-corrected chi connectivity index (χ0v) is 13.0. The minimum atomic E-state index is -0.791. The molecule has 0 saturated heterocycles. The highest BCUT2D eigenvalue weighted by atomic mass is 19.1. The first-order valence-corrected chi connectivity index (χ1v) is 7.31. The Morgan fingerprint density at radius 2 is 1.79 bits per heavy atom. The molecule has 6 nitrogen and oxygen atoms in total. The summed E-state index contributed by atoms with van der Waals surface area (Å²) < 4.78 is 23.0. The molecule has 2 amide bonds. The number of carbonyl (C=O) groups excluding carboxylic acids is 2. The summed E-state index contributed by atoms with van der Waals surface area (Å²) in [6.45, 7) is 1.97. The van der Waals surface area contributed by atoms with E-state index in [1.807, 2.05) is 0 Å². The van der Waals surface area contributed by atoms with Gasteiger partial charge in [-0.2, -0.15) is 0 Å². The normalized spacial score (nSPS) is 9.92. The van der Waals surface area contributed by atoms with Crippen molar-refractivity contribution in [3.8, 4) is 5.75 Å². The number of amides is 2. The lowest BCUT2D eigenvalue weighted by atomic mass is 10.2. The molecule has 0 fully saturated rings. The Balaban J connectivity index is 1.83. The van der Waals surface area contributed by atoms with Gasteiger partial charge in [0.15, 0.2) is 0 Å². The number of hydrogen-bond donors (Lipinski definition) is 2. The van der Waals surface area contributed by atoms with E-state index in [0.29, 0.717) is 17.0 Å². The Kier molecular flexibility index (Phi) is 6.13. The van der Waals surface area contributed by atoms with Crippen molar-refractivity contribution < 1.29 is 23.5 Å². The lowest BCUT2D eigenvalue weighted by Gasteiger charge is -2.09. The fraction of sp³-hybridized carbons (Fsp3) is 0.176. The molecule has 0 spiro atoms. The monoisotopic (exact) mass is 332 g/mol. The third-order valence-corrected chi connectivity index (χ3v) is 2.97. The van der Waals surface area contributed by atoms with Crippen molar-refractivity contribution in [2.75, 3.05) is 11.9 Å². The largest absolute Gasteiger partial charge is 0.513 e. The van der Waals surface area contributed by atoms with Gasteiger partial charge in [-0.1, -0.05) is 18.2 Å². The van der Waals surface area contributed by atoms with Crippen LogP contribution in [-0.4, -0.2) is 18.8 Å². The van der Waals surface area contributed by atoms with E-state index in [0.717, 1.165) is 0 Å². The van der Waals surface area contributed by atoms with Crippen LogP contribution in [0.25, 0.3) is 0 Å². The van der Waals surface area contributed by atoms with Crippen molar-refractivity contribution in [1.29, 1.82) is 0 Å². The maximum absolute atomic E-state index is 13.4. The zero-order chi connectivity index (χ0) is 17.4. The van der Waals surface area contributed by atoms with Crippen LogP contribution in [0.4, 0.5) is 19.7 Å². The molecule has 0 saturated carbocycles. The highest BCUT2D eigenvalue weighted by Crippen LogP contribution is 2.16. The topological polar surface area (TPSA) is 76.7 Å². The van der Waals surface area contributed by atoms with Crippen LogP contribution in [0.1, 0.15) is 12.5 Å². The third kappa shape index (κ3) is 5.28. The molecule has 0 aromatic heterocycles. The van der Waals surface area contributed by atoms with Crippen molar-refractivity contribution in [3.63, 3.8) is 0 Å². The Labute approximate surface area is 138 Å². The molecule has 0 bridgehead atoms. The molecule has 0 aliphatic heterocycles. The van der Waals surface area contributed by atoms with Crippen LogP contribution in [0.2, 0.25) is 0 Å². The van der Waals surface area contributed by atoms with Gasteiger partial charge in [0.05, 0.1) is 6.61 Å². The number of carbonyl (C=O) groups is 2. The molecule has 0 atom stereocenters. The minimum Gasteiger partial charge on any atom is -0.434 e. The second-order valence-corrected chi connectivity index (χ2v) is 4.71. The number of hydrogen-bond acceptors (Lipinski definition) is 4. The van der Waals surface area contributed by atoms with Crippen molar-refractivity contribution in [2.45, 2.75) is 13.5 Å². The van der Waals surface area contributed by atoms with Gasteiger partial charge in [-0.05, 0) is 37.3 Å². The molecule has 0 radical (unpaired) electrons. The van der Waals surface area contributed by atoms with Crippen LogP contribution in [0.5, 0.6) is 5.75 Å².